The molecular formula is C17H15NO5. The van der Waals surface area contributed by atoms with Gasteiger partial charge >= 0.3 is 0 Å². The van der Waals surface area contributed by atoms with Crippen LogP contribution in [0.4, 0.5) is 5.69 Å². The number of ketones is 1. The fraction of sp³-hybridized carbons (Fsp3) is 0.353. The number of methoxy groups -OCH3 is 1. The number of rotatable bonds is 3. The van der Waals surface area contributed by atoms with Crippen molar-refractivity contribution in [3.05, 3.63) is 35.9 Å². The van der Waals surface area contributed by atoms with E-state index in [4.69, 9.17) is 9.47 Å². The van der Waals surface area contributed by atoms with Crippen LogP contribution in [0.3, 0.4) is 0 Å². The number of nitrogens with zero attached hydrogens (tertiary/aromatic N) is 1. The van der Waals surface area contributed by atoms with Crippen LogP contribution in [0.1, 0.15) is 17.3 Å². The van der Waals surface area contributed by atoms with Crippen molar-refractivity contribution in [3.63, 3.8) is 0 Å². The maximum absolute atomic E-state index is 12.8. The highest BCUT2D eigenvalue weighted by Crippen LogP contribution is 2.47. The number of Topliss-reactive ketones (excluding diaryl/α,β-unsaturated/α-hetero) is 1. The number of anilines is 1. The Balaban J connectivity index is 1.80. The summed E-state index contributed by atoms with van der Waals surface area (Å²) >= 11 is 0. The van der Waals surface area contributed by atoms with Crippen LogP contribution in [-0.2, 0) is 14.3 Å². The first-order valence-corrected chi connectivity index (χ1v) is 7.43. The summed E-state index contributed by atoms with van der Waals surface area (Å²) in [7, 11) is 1.46. The van der Waals surface area contributed by atoms with Gasteiger partial charge in [0.05, 0.1) is 36.8 Å². The molecule has 0 aromatic heterocycles. The molecule has 2 saturated heterocycles. The van der Waals surface area contributed by atoms with Gasteiger partial charge in [-0.15, -0.1) is 0 Å². The van der Waals surface area contributed by atoms with Crippen molar-refractivity contribution in [2.45, 2.75) is 19.1 Å². The summed E-state index contributed by atoms with van der Waals surface area (Å²) in [5.41, 5.74) is 0.750. The zero-order chi connectivity index (χ0) is 16.3. The second-order valence-corrected chi connectivity index (χ2v) is 5.96. The van der Waals surface area contributed by atoms with Gasteiger partial charge in [0.25, 0.3) is 0 Å². The third-order valence-electron chi connectivity index (χ3n) is 4.74. The fourth-order valence-electron chi connectivity index (χ4n) is 3.62. The van der Waals surface area contributed by atoms with Crippen LogP contribution in [0, 0.1) is 11.8 Å². The molecule has 2 fully saturated rings. The van der Waals surface area contributed by atoms with Crippen molar-refractivity contribution in [2.75, 3.05) is 12.0 Å². The minimum Gasteiger partial charge on any atom is -0.495 e. The van der Waals surface area contributed by atoms with E-state index in [1.165, 1.54) is 20.1 Å². The molecule has 0 radical (unpaired) electrons. The average Bonchev–Trinajstić information content (AvgIpc) is 3.21. The number of amides is 2. The predicted molar refractivity (Wildman–Crippen MR) is 80.3 cm³/mol. The summed E-state index contributed by atoms with van der Waals surface area (Å²) in [5, 5.41) is 0. The average molecular weight is 313 g/mol. The molecule has 3 aliphatic rings. The molecule has 1 aromatic carbocycles. The Hall–Kier alpha value is -2.47. The van der Waals surface area contributed by atoms with Gasteiger partial charge in [-0.05, 0) is 25.1 Å². The lowest BCUT2D eigenvalue weighted by molar-refractivity contribution is -0.124. The molecule has 0 spiro atoms. The van der Waals surface area contributed by atoms with Gasteiger partial charge in [0.2, 0.25) is 11.8 Å². The van der Waals surface area contributed by atoms with Crippen molar-refractivity contribution in [1.82, 2.24) is 0 Å². The predicted octanol–water partition coefficient (Wildman–Crippen LogP) is 1.34. The number of hydrogen-bond acceptors (Lipinski definition) is 5. The van der Waals surface area contributed by atoms with Crippen LogP contribution >= 0.6 is 0 Å². The molecule has 4 rings (SSSR count). The SMILES string of the molecule is COc1ccc(C(C)=O)cc1N1C(=O)[C@@H]2[C@@H](C1=O)[C@H]1C=C[C@@H]2O1. The molecular weight excluding hydrogens is 298 g/mol. The third kappa shape index (κ3) is 1.81. The van der Waals surface area contributed by atoms with E-state index in [0.29, 0.717) is 17.0 Å². The quantitative estimate of drug-likeness (QED) is 0.478. The van der Waals surface area contributed by atoms with Crippen molar-refractivity contribution in [2.24, 2.45) is 11.8 Å². The van der Waals surface area contributed by atoms with E-state index in [2.05, 4.69) is 0 Å². The second kappa shape index (κ2) is 4.76. The molecule has 3 heterocycles. The van der Waals surface area contributed by atoms with Crippen LogP contribution in [-0.4, -0.2) is 36.9 Å². The molecule has 0 unspecified atom stereocenters. The van der Waals surface area contributed by atoms with E-state index in [0.717, 1.165) is 4.90 Å². The fourth-order valence-corrected chi connectivity index (χ4v) is 3.62. The first-order chi connectivity index (χ1) is 11.0. The van der Waals surface area contributed by atoms with Crippen LogP contribution in [0.2, 0.25) is 0 Å². The molecule has 6 nitrogen and oxygen atoms in total. The van der Waals surface area contributed by atoms with Crippen molar-refractivity contribution >= 4 is 23.3 Å². The molecule has 3 aliphatic heterocycles. The van der Waals surface area contributed by atoms with Gasteiger partial charge in [0.15, 0.2) is 5.78 Å². The van der Waals surface area contributed by atoms with Gasteiger partial charge in [-0.25, -0.2) is 4.90 Å². The summed E-state index contributed by atoms with van der Waals surface area (Å²) < 4.78 is 10.9. The maximum Gasteiger partial charge on any atom is 0.240 e. The van der Waals surface area contributed by atoms with E-state index in [9.17, 15) is 14.4 Å². The normalized spacial score (nSPS) is 31.0. The van der Waals surface area contributed by atoms with E-state index in [-0.39, 0.29) is 29.8 Å². The maximum atomic E-state index is 12.8. The molecule has 1 aromatic rings. The molecule has 2 bridgehead atoms. The molecule has 0 N–H and O–H groups in total. The Morgan fingerprint density at radius 1 is 1.13 bits per heavy atom. The van der Waals surface area contributed by atoms with Crippen molar-refractivity contribution in [1.29, 1.82) is 0 Å². The number of imide groups is 1. The van der Waals surface area contributed by atoms with E-state index >= 15 is 0 Å². The standard InChI is InChI=1S/C17H15NO5/c1-8(19)9-3-4-11(22-2)10(7-9)18-16(20)14-12-5-6-13(23-12)15(14)17(18)21/h3-7,12-15H,1-2H3/t12-,13+,14-,15-/m0/s1. The Bertz CT molecular complexity index is 738. The number of hydrogen-bond donors (Lipinski definition) is 0. The summed E-state index contributed by atoms with van der Waals surface area (Å²) in [5.74, 6) is -1.31. The third-order valence-corrected chi connectivity index (χ3v) is 4.74. The largest absolute Gasteiger partial charge is 0.495 e. The Morgan fingerprint density at radius 3 is 2.26 bits per heavy atom. The molecule has 118 valence electrons. The first-order valence-electron chi connectivity index (χ1n) is 7.43. The van der Waals surface area contributed by atoms with Crippen LogP contribution in [0.5, 0.6) is 5.75 Å². The lowest BCUT2D eigenvalue weighted by Gasteiger charge is -2.20. The van der Waals surface area contributed by atoms with E-state index in [1.54, 1.807) is 12.1 Å². The van der Waals surface area contributed by atoms with Crippen LogP contribution < -0.4 is 9.64 Å². The van der Waals surface area contributed by atoms with Gasteiger partial charge in [0, 0.05) is 5.56 Å². The minimum atomic E-state index is -0.483. The lowest BCUT2D eigenvalue weighted by Crippen LogP contribution is -2.34. The molecule has 0 saturated carbocycles. The molecule has 23 heavy (non-hydrogen) atoms. The van der Waals surface area contributed by atoms with Gasteiger partial charge in [-0.2, -0.15) is 0 Å². The first kappa shape index (κ1) is 14.1. The van der Waals surface area contributed by atoms with Gasteiger partial charge in [-0.3, -0.25) is 14.4 Å². The van der Waals surface area contributed by atoms with Crippen LogP contribution in [0.25, 0.3) is 0 Å². The Labute approximate surface area is 132 Å². The molecule has 2 amide bonds. The van der Waals surface area contributed by atoms with Gasteiger partial charge < -0.3 is 9.47 Å². The lowest BCUT2D eigenvalue weighted by atomic mass is 9.85. The molecule has 4 atom stereocenters. The highest BCUT2D eigenvalue weighted by molar-refractivity contribution is 6.24. The number of carbonyl (C=O) groups excluding carboxylic acids is 3. The van der Waals surface area contributed by atoms with Crippen LogP contribution in [0.15, 0.2) is 30.4 Å². The van der Waals surface area contributed by atoms with E-state index < -0.39 is 11.8 Å². The zero-order valence-electron chi connectivity index (χ0n) is 12.7. The molecule has 0 aliphatic carbocycles. The zero-order valence-corrected chi connectivity index (χ0v) is 12.7. The minimum absolute atomic E-state index is 0.140. The Morgan fingerprint density at radius 2 is 1.74 bits per heavy atom. The van der Waals surface area contributed by atoms with Gasteiger partial charge in [-0.1, -0.05) is 12.2 Å². The number of ether oxygens (including phenoxy) is 2. The smallest absolute Gasteiger partial charge is 0.240 e. The van der Waals surface area contributed by atoms with E-state index in [1.807, 2.05) is 12.2 Å². The monoisotopic (exact) mass is 313 g/mol. The number of carbonyl (C=O) groups is 3. The Kier molecular flexibility index (Phi) is 2.93. The summed E-state index contributed by atoms with van der Waals surface area (Å²) in [6.45, 7) is 1.44. The topological polar surface area (TPSA) is 72.9 Å². The van der Waals surface area contributed by atoms with Gasteiger partial charge in [0.1, 0.15) is 5.75 Å². The number of fused-ring (bicyclic) bond motifs is 5. The summed E-state index contributed by atoms with van der Waals surface area (Å²) in [4.78, 5) is 38.4. The summed E-state index contributed by atoms with van der Waals surface area (Å²) in [6, 6.07) is 4.75. The van der Waals surface area contributed by atoms with Crippen molar-refractivity contribution < 1.29 is 23.9 Å². The molecule has 6 heteroatoms. The van der Waals surface area contributed by atoms with Crippen molar-refractivity contribution in [3.8, 4) is 5.75 Å². The summed E-state index contributed by atoms with van der Waals surface area (Å²) in [6.07, 6.45) is 3.00. The highest BCUT2D eigenvalue weighted by atomic mass is 16.5. The highest BCUT2D eigenvalue weighted by Gasteiger charge is 2.61. The second-order valence-electron chi connectivity index (χ2n) is 5.96. The number of benzene rings is 1.